The number of esters is 1. The number of hydrogen-bond donors (Lipinski definition) is 3. The molecule has 0 radical (unpaired) electrons. The van der Waals surface area contributed by atoms with Gasteiger partial charge >= 0.3 is 13.8 Å². The topological polar surface area (TPSA) is 141 Å². The zero-order chi connectivity index (χ0) is 31.9. The fourth-order valence-electron chi connectivity index (χ4n) is 4.78. The predicted octanol–water partition coefficient (Wildman–Crippen LogP) is 7.74. The molecule has 0 bridgehead atoms. The minimum atomic E-state index is -4.68. The number of carbonyl (C=O) groups excluding carboxylic acids is 2. The van der Waals surface area contributed by atoms with Crippen LogP contribution in [0.5, 0.6) is 0 Å². The normalized spacial score (nSPS) is 12.4. The van der Waals surface area contributed by atoms with Crippen LogP contribution in [-0.4, -0.2) is 60.9 Å². The van der Waals surface area contributed by atoms with Crippen molar-refractivity contribution in [3.05, 3.63) is 0 Å². The Balaban J connectivity index is 3.79. The maximum atomic E-state index is 12.3. The van der Waals surface area contributed by atoms with E-state index in [4.69, 9.17) is 24.0 Å². The first-order valence-corrected chi connectivity index (χ1v) is 18.6. The molecule has 0 fully saturated rings. The lowest BCUT2D eigenvalue weighted by Gasteiger charge is -2.18. The maximum Gasteiger partial charge on any atom is 0.469 e. The van der Waals surface area contributed by atoms with Gasteiger partial charge in [-0.05, 0) is 19.3 Å². The van der Waals surface area contributed by atoms with E-state index < -0.39 is 26.5 Å². The van der Waals surface area contributed by atoms with Crippen molar-refractivity contribution in [2.75, 3.05) is 33.2 Å². The highest BCUT2D eigenvalue weighted by Crippen LogP contribution is 2.35. The average Bonchev–Trinajstić information content (AvgIpc) is 2.95. The minimum Gasteiger partial charge on any atom is -0.457 e. The van der Waals surface area contributed by atoms with Crippen LogP contribution in [0.25, 0.3) is 0 Å². The second kappa shape index (κ2) is 31.0. The molecular formula is C32H64NO9P. The van der Waals surface area contributed by atoms with Gasteiger partial charge in [0.05, 0.1) is 13.2 Å². The lowest BCUT2D eigenvalue weighted by Crippen LogP contribution is -2.28. The Morgan fingerprint density at radius 2 is 1.16 bits per heavy atom. The average molecular weight is 638 g/mol. The van der Waals surface area contributed by atoms with Crippen molar-refractivity contribution in [3.63, 3.8) is 0 Å². The standard InChI is InChI=1S/C32H64NO9P/c1-3-4-5-6-7-8-9-12-15-18-21-24-32(35)42-31(28-41-43(36,37)38)27-40-29-39-26-23-20-17-14-11-10-13-16-19-22-25-33-30(2)34/h31H,3-29H2,1-2H3,(H,33,34)(H2,36,37,38)/t31-/m0/s1. The molecule has 0 aromatic heterocycles. The number of ether oxygens (including phenoxy) is 3. The molecule has 256 valence electrons. The Kier molecular flexibility index (Phi) is 30.2. The molecule has 0 aliphatic rings. The third kappa shape index (κ3) is 35.3. The number of nitrogens with one attached hydrogen (secondary N) is 1. The van der Waals surface area contributed by atoms with E-state index >= 15 is 0 Å². The van der Waals surface area contributed by atoms with Crippen molar-refractivity contribution >= 4 is 19.7 Å². The molecule has 0 aliphatic heterocycles. The Morgan fingerprint density at radius 1 is 0.674 bits per heavy atom. The highest BCUT2D eigenvalue weighted by molar-refractivity contribution is 7.46. The van der Waals surface area contributed by atoms with Gasteiger partial charge in [0.25, 0.3) is 0 Å². The van der Waals surface area contributed by atoms with E-state index in [1.165, 1.54) is 96.3 Å². The highest BCUT2D eigenvalue weighted by atomic mass is 31.2. The van der Waals surface area contributed by atoms with E-state index in [1.54, 1.807) is 6.92 Å². The molecule has 0 rings (SSSR count). The summed E-state index contributed by atoms with van der Waals surface area (Å²) in [4.78, 5) is 41.1. The summed E-state index contributed by atoms with van der Waals surface area (Å²) in [5, 5.41) is 2.83. The molecule has 0 spiro atoms. The van der Waals surface area contributed by atoms with Crippen molar-refractivity contribution in [3.8, 4) is 0 Å². The minimum absolute atomic E-state index is 0.0184. The molecule has 1 amide bonds. The van der Waals surface area contributed by atoms with Crippen LogP contribution in [-0.2, 0) is 32.9 Å². The van der Waals surface area contributed by atoms with Crippen LogP contribution in [0.3, 0.4) is 0 Å². The lowest BCUT2D eigenvalue weighted by atomic mass is 10.1. The monoisotopic (exact) mass is 637 g/mol. The van der Waals surface area contributed by atoms with E-state index in [-0.39, 0.29) is 25.7 Å². The van der Waals surface area contributed by atoms with Crippen LogP contribution >= 0.6 is 7.82 Å². The third-order valence-electron chi connectivity index (χ3n) is 7.27. The van der Waals surface area contributed by atoms with Gasteiger partial charge in [-0.1, -0.05) is 122 Å². The SMILES string of the molecule is CCCCCCCCCCCCCC(=O)O[C@@H](COCOCCCCCCCCCCCCNC(C)=O)COP(=O)(O)O. The van der Waals surface area contributed by atoms with Gasteiger partial charge in [0.15, 0.2) is 0 Å². The molecular weight excluding hydrogens is 573 g/mol. The van der Waals surface area contributed by atoms with Gasteiger partial charge in [0, 0.05) is 26.5 Å². The van der Waals surface area contributed by atoms with E-state index in [2.05, 4.69) is 16.8 Å². The molecule has 11 heteroatoms. The Hall–Kier alpha value is -1.03. The summed E-state index contributed by atoms with van der Waals surface area (Å²) in [7, 11) is -4.68. The molecule has 0 saturated carbocycles. The van der Waals surface area contributed by atoms with Crippen molar-refractivity contribution in [2.24, 2.45) is 0 Å². The van der Waals surface area contributed by atoms with Gasteiger partial charge in [0.1, 0.15) is 12.9 Å². The molecule has 43 heavy (non-hydrogen) atoms. The van der Waals surface area contributed by atoms with Crippen molar-refractivity contribution in [1.82, 2.24) is 5.32 Å². The zero-order valence-electron chi connectivity index (χ0n) is 27.4. The van der Waals surface area contributed by atoms with E-state index in [0.717, 1.165) is 45.1 Å². The Bertz CT molecular complexity index is 690. The maximum absolute atomic E-state index is 12.3. The summed E-state index contributed by atoms with van der Waals surface area (Å²) < 4.78 is 32.0. The molecule has 0 saturated heterocycles. The van der Waals surface area contributed by atoms with E-state index in [1.807, 2.05) is 0 Å². The van der Waals surface area contributed by atoms with E-state index in [9.17, 15) is 14.2 Å². The molecule has 0 aliphatic carbocycles. The fourth-order valence-corrected chi connectivity index (χ4v) is 5.14. The van der Waals surface area contributed by atoms with Gasteiger partial charge < -0.3 is 29.3 Å². The molecule has 0 unspecified atom stereocenters. The van der Waals surface area contributed by atoms with Crippen LogP contribution < -0.4 is 5.32 Å². The van der Waals surface area contributed by atoms with Crippen molar-refractivity contribution in [1.29, 1.82) is 0 Å². The second-order valence-corrected chi connectivity index (χ2v) is 12.8. The third-order valence-corrected chi connectivity index (χ3v) is 7.76. The zero-order valence-corrected chi connectivity index (χ0v) is 28.3. The number of unbranched alkanes of at least 4 members (excludes halogenated alkanes) is 19. The number of amides is 1. The smallest absolute Gasteiger partial charge is 0.457 e. The van der Waals surface area contributed by atoms with Gasteiger partial charge in [0.2, 0.25) is 5.91 Å². The summed E-state index contributed by atoms with van der Waals surface area (Å²) in [6.07, 6.45) is 24.0. The van der Waals surface area contributed by atoms with Crippen LogP contribution in [0.2, 0.25) is 0 Å². The highest BCUT2D eigenvalue weighted by Gasteiger charge is 2.21. The molecule has 1 atom stereocenters. The summed E-state index contributed by atoms with van der Waals surface area (Å²) in [6, 6.07) is 0. The largest absolute Gasteiger partial charge is 0.469 e. The number of phosphoric ester groups is 1. The number of phosphoric acid groups is 1. The van der Waals surface area contributed by atoms with Crippen molar-refractivity contribution < 1.29 is 42.7 Å². The first-order chi connectivity index (χ1) is 20.7. The molecule has 10 nitrogen and oxygen atoms in total. The van der Waals surface area contributed by atoms with Gasteiger partial charge in [-0.25, -0.2) is 4.57 Å². The molecule has 0 aromatic carbocycles. The molecule has 0 heterocycles. The van der Waals surface area contributed by atoms with Crippen molar-refractivity contribution in [2.45, 2.75) is 161 Å². The second-order valence-electron chi connectivity index (χ2n) is 11.6. The molecule has 0 aromatic rings. The van der Waals surface area contributed by atoms with Crippen LogP contribution in [0.4, 0.5) is 0 Å². The number of carbonyl (C=O) groups is 2. The van der Waals surface area contributed by atoms with Crippen LogP contribution in [0, 0.1) is 0 Å². The predicted molar refractivity (Wildman–Crippen MR) is 171 cm³/mol. The Morgan fingerprint density at radius 3 is 1.67 bits per heavy atom. The summed E-state index contributed by atoms with van der Waals surface area (Å²) in [5.74, 6) is -0.373. The number of rotatable bonds is 33. The van der Waals surface area contributed by atoms with Gasteiger partial charge in [-0.3, -0.25) is 14.1 Å². The summed E-state index contributed by atoms with van der Waals surface area (Å²) in [6.45, 7) is 4.64. The summed E-state index contributed by atoms with van der Waals surface area (Å²) in [5.41, 5.74) is 0. The first kappa shape index (κ1) is 42.0. The quantitative estimate of drug-likeness (QED) is 0.0285. The van der Waals surface area contributed by atoms with E-state index in [0.29, 0.717) is 6.61 Å². The lowest BCUT2D eigenvalue weighted by molar-refractivity contribution is -0.158. The number of hydrogen-bond acceptors (Lipinski definition) is 7. The molecule has 3 N–H and O–H groups in total. The Labute approximate surface area is 262 Å². The fraction of sp³-hybridized carbons (Fsp3) is 0.938. The first-order valence-electron chi connectivity index (χ1n) is 17.0. The van der Waals surface area contributed by atoms with Gasteiger partial charge in [-0.2, -0.15) is 0 Å². The van der Waals surface area contributed by atoms with Crippen LogP contribution in [0.15, 0.2) is 0 Å². The summed E-state index contributed by atoms with van der Waals surface area (Å²) >= 11 is 0. The van der Waals surface area contributed by atoms with Crippen LogP contribution in [0.1, 0.15) is 155 Å². The van der Waals surface area contributed by atoms with Gasteiger partial charge in [-0.15, -0.1) is 0 Å².